The Morgan fingerprint density at radius 2 is 1.88 bits per heavy atom. The molecule has 25 heavy (non-hydrogen) atoms. The van der Waals surface area contributed by atoms with Crippen LogP contribution in [0.25, 0.3) is 0 Å². The predicted octanol–water partition coefficient (Wildman–Crippen LogP) is 2.08. The molecule has 1 amide bonds. The van der Waals surface area contributed by atoms with Gasteiger partial charge in [-0.05, 0) is 45.4 Å². The van der Waals surface area contributed by atoms with Crippen molar-refractivity contribution in [3.05, 3.63) is 23.8 Å². The Hall–Kier alpha value is -2.29. The molecular weight excluding hydrogens is 350 g/mol. The highest BCUT2D eigenvalue weighted by molar-refractivity contribution is 7.90. The largest absolute Gasteiger partial charge is 0.493 e. The second kappa shape index (κ2) is 8.19. The van der Waals surface area contributed by atoms with Crippen molar-refractivity contribution in [1.82, 2.24) is 5.32 Å². The highest BCUT2D eigenvalue weighted by atomic mass is 32.2. The van der Waals surface area contributed by atoms with E-state index in [2.05, 4.69) is 5.32 Å². The van der Waals surface area contributed by atoms with Crippen molar-refractivity contribution >= 4 is 21.9 Å². The van der Waals surface area contributed by atoms with E-state index in [1.54, 1.807) is 20.8 Å². The third kappa shape index (κ3) is 7.42. The van der Waals surface area contributed by atoms with E-state index in [1.807, 2.05) is 0 Å². The van der Waals surface area contributed by atoms with Crippen molar-refractivity contribution in [3.8, 4) is 5.75 Å². The van der Waals surface area contributed by atoms with Crippen LogP contribution >= 0.6 is 0 Å². The third-order valence-corrected chi connectivity index (χ3v) is 3.97. The fourth-order valence-corrected chi connectivity index (χ4v) is 2.42. The fraction of sp³-hybridized carbons (Fsp3) is 0.500. The zero-order valence-electron chi connectivity index (χ0n) is 14.7. The van der Waals surface area contributed by atoms with Gasteiger partial charge in [0, 0.05) is 12.8 Å². The molecule has 0 radical (unpaired) electrons. The summed E-state index contributed by atoms with van der Waals surface area (Å²) in [4.78, 5) is 22.6. The normalized spacial score (nSPS) is 11.7. The van der Waals surface area contributed by atoms with Crippen LogP contribution < -0.4 is 10.1 Å². The van der Waals surface area contributed by atoms with Gasteiger partial charge in [-0.25, -0.2) is 18.0 Å². The number of aromatic carboxylic acids is 1. The molecule has 0 fully saturated rings. The number of hydrogen-bond acceptors (Lipinski definition) is 6. The molecule has 0 unspecified atom stereocenters. The minimum atomic E-state index is -3.48. The Bertz CT molecular complexity index is 735. The summed E-state index contributed by atoms with van der Waals surface area (Å²) in [6, 6.07) is 3.59. The SMILES string of the molecule is CC(C)(C)OC(=O)NCCCOc1cc(S(C)(=O)=O)ccc1C(=O)O. The monoisotopic (exact) mass is 373 g/mol. The molecule has 0 spiro atoms. The number of sulfone groups is 1. The summed E-state index contributed by atoms with van der Waals surface area (Å²) in [6.07, 6.45) is 0.858. The van der Waals surface area contributed by atoms with Gasteiger partial charge in [-0.3, -0.25) is 0 Å². The summed E-state index contributed by atoms with van der Waals surface area (Å²) in [5, 5.41) is 11.7. The van der Waals surface area contributed by atoms with Crippen molar-refractivity contribution in [2.24, 2.45) is 0 Å². The van der Waals surface area contributed by atoms with Crippen molar-refractivity contribution in [2.45, 2.75) is 37.7 Å². The summed E-state index contributed by atoms with van der Waals surface area (Å²) in [5.41, 5.74) is -0.726. The summed E-state index contributed by atoms with van der Waals surface area (Å²) < 4.78 is 33.6. The topological polar surface area (TPSA) is 119 Å². The molecule has 1 aromatic rings. The van der Waals surface area contributed by atoms with Crippen molar-refractivity contribution in [1.29, 1.82) is 0 Å². The van der Waals surface area contributed by atoms with E-state index in [1.165, 1.54) is 18.2 Å². The van der Waals surface area contributed by atoms with Crippen LogP contribution in [0.1, 0.15) is 37.6 Å². The van der Waals surface area contributed by atoms with E-state index in [0.717, 1.165) is 6.26 Å². The fourth-order valence-electron chi connectivity index (χ4n) is 1.79. The lowest BCUT2D eigenvalue weighted by atomic mass is 10.2. The molecule has 2 N–H and O–H groups in total. The predicted molar refractivity (Wildman–Crippen MR) is 90.9 cm³/mol. The number of ether oxygens (including phenoxy) is 2. The number of hydrogen-bond donors (Lipinski definition) is 2. The molecule has 0 bridgehead atoms. The molecule has 0 saturated heterocycles. The van der Waals surface area contributed by atoms with Gasteiger partial charge >= 0.3 is 12.1 Å². The summed E-state index contributed by atoms with van der Waals surface area (Å²) in [6.45, 7) is 5.61. The maximum absolute atomic E-state index is 11.6. The number of alkyl carbamates (subject to hydrolysis) is 1. The van der Waals surface area contributed by atoms with Crippen LogP contribution in [0.3, 0.4) is 0 Å². The molecule has 0 heterocycles. The first-order chi connectivity index (χ1) is 11.4. The van der Waals surface area contributed by atoms with Crippen molar-refractivity contribution in [3.63, 3.8) is 0 Å². The summed E-state index contributed by atoms with van der Waals surface area (Å²) in [5.74, 6) is -1.25. The summed E-state index contributed by atoms with van der Waals surface area (Å²) >= 11 is 0. The first-order valence-electron chi connectivity index (χ1n) is 7.57. The molecule has 0 aliphatic rings. The van der Waals surface area contributed by atoms with Crippen LogP contribution in [-0.4, -0.2) is 50.6 Å². The van der Waals surface area contributed by atoms with E-state index in [-0.39, 0.29) is 29.4 Å². The first kappa shape index (κ1) is 20.8. The maximum atomic E-state index is 11.6. The van der Waals surface area contributed by atoms with Gasteiger partial charge in [-0.15, -0.1) is 0 Å². The van der Waals surface area contributed by atoms with Gasteiger partial charge in [-0.1, -0.05) is 0 Å². The molecule has 9 heteroatoms. The molecule has 1 rings (SSSR count). The van der Waals surface area contributed by atoms with Crippen molar-refractivity contribution in [2.75, 3.05) is 19.4 Å². The number of nitrogens with one attached hydrogen (secondary N) is 1. The molecule has 1 aromatic carbocycles. The Balaban J connectivity index is 2.62. The molecule has 0 saturated carbocycles. The standard InChI is InChI=1S/C16H23NO7S/c1-16(2,3)24-15(20)17-8-5-9-23-13-10-11(25(4,21)22)6-7-12(13)14(18)19/h6-7,10H,5,8-9H2,1-4H3,(H,17,20)(H,18,19). The highest BCUT2D eigenvalue weighted by Gasteiger charge is 2.17. The van der Waals surface area contributed by atoms with Crippen molar-refractivity contribution < 1.29 is 32.6 Å². The van der Waals surface area contributed by atoms with Crippen LogP contribution in [0.2, 0.25) is 0 Å². The van der Waals surface area contributed by atoms with Crippen LogP contribution in [0.4, 0.5) is 4.79 Å². The molecule has 0 aliphatic heterocycles. The Kier molecular flexibility index (Phi) is 6.80. The van der Waals surface area contributed by atoms with Gasteiger partial charge in [-0.2, -0.15) is 0 Å². The van der Waals surface area contributed by atoms with E-state index in [4.69, 9.17) is 14.6 Å². The number of carbonyl (C=O) groups excluding carboxylic acids is 1. The van der Waals surface area contributed by atoms with E-state index in [9.17, 15) is 18.0 Å². The van der Waals surface area contributed by atoms with Crippen LogP contribution in [0.15, 0.2) is 23.1 Å². The molecule has 0 atom stereocenters. The van der Waals surface area contributed by atoms with Crippen LogP contribution in [0.5, 0.6) is 5.75 Å². The Morgan fingerprint density at radius 3 is 2.40 bits per heavy atom. The average molecular weight is 373 g/mol. The van der Waals surface area contributed by atoms with Crippen LogP contribution in [0, 0.1) is 0 Å². The van der Waals surface area contributed by atoms with Gasteiger partial charge in [0.2, 0.25) is 0 Å². The van der Waals surface area contributed by atoms with E-state index < -0.39 is 27.5 Å². The average Bonchev–Trinajstić information content (AvgIpc) is 2.43. The van der Waals surface area contributed by atoms with Gasteiger partial charge in [0.05, 0.1) is 11.5 Å². The van der Waals surface area contributed by atoms with Gasteiger partial charge in [0.1, 0.15) is 16.9 Å². The minimum Gasteiger partial charge on any atom is -0.493 e. The lowest BCUT2D eigenvalue weighted by molar-refractivity contribution is 0.0525. The van der Waals surface area contributed by atoms with Gasteiger partial charge in [0.15, 0.2) is 9.84 Å². The minimum absolute atomic E-state index is 0.0284. The number of carbonyl (C=O) groups is 2. The highest BCUT2D eigenvalue weighted by Crippen LogP contribution is 2.23. The zero-order chi connectivity index (χ0) is 19.3. The van der Waals surface area contributed by atoms with Crippen LogP contribution in [-0.2, 0) is 14.6 Å². The molecule has 0 aromatic heterocycles. The number of benzene rings is 1. The van der Waals surface area contributed by atoms with E-state index in [0.29, 0.717) is 6.42 Å². The second-order valence-corrected chi connectivity index (χ2v) is 8.38. The lowest BCUT2D eigenvalue weighted by Crippen LogP contribution is -2.33. The Labute approximate surface area is 147 Å². The molecule has 8 nitrogen and oxygen atoms in total. The smallest absolute Gasteiger partial charge is 0.407 e. The number of amides is 1. The Morgan fingerprint density at radius 1 is 1.24 bits per heavy atom. The van der Waals surface area contributed by atoms with Gasteiger partial charge < -0.3 is 19.9 Å². The first-order valence-corrected chi connectivity index (χ1v) is 9.46. The number of carboxylic acids is 1. The zero-order valence-corrected chi connectivity index (χ0v) is 15.5. The molecule has 0 aliphatic carbocycles. The molecule has 140 valence electrons. The lowest BCUT2D eigenvalue weighted by Gasteiger charge is -2.19. The third-order valence-electron chi connectivity index (χ3n) is 2.86. The number of carboxylic acid groups (broad SMARTS) is 1. The maximum Gasteiger partial charge on any atom is 0.407 e. The summed E-state index contributed by atoms with van der Waals surface area (Å²) in [7, 11) is -3.48. The van der Waals surface area contributed by atoms with Gasteiger partial charge in [0.25, 0.3) is 0 Å². The second-order valence-electron chi connectivity index (χ2n) is 6.37. The number of rotatable bonds is 7. The molecular formula is C16H23NO7S. The quantitative estimate of drug-likeness (QED) is 0.702. The van der Waals surface area contributed by atoms with E-state index >= 15 is 0 Å².